The number of nitrogens with zero attached hydrogens (tertiary/aromatic N) is 1. The molecule has 0 atom stereocenters. The lowest BCUT2D eigenvalue weighted by atomic mass is 10.1. The molecular formula is C21H28ClNO4. The molecule has 0 unspecified atom stereocenters. The van der Waals surface area contributed by atoms with E-state index >= 15 is 0 Å². The topological polar surface area (TPSA) is 68.5 Å². The molecule has 1 aromatic carbocycles. The molecule has 0 aliphatic rings. The number of fused-ring (bicyclic) bond motifs is 1. The SMILES string of the molecule is C/C=C/C(=O)n1c(C)c(CC)c2cc(OC)ccc21.C/C=C\CCl.O=CO. The van der Waals surface area contributed by atoms with Crippen molar-refractivity contribution in [2.24, 2.45) is 0 Å². The second kappa shape index (κ2) is 13.6. The molecule has 0 spiro atoms. The molecule has 1 aromatic heterocycles. The number of allylic oxidation sites excluding steroid dienone is 4. The summed E-state index contributed by atoms with van der Waals surface area (Å²) in [5.74, 6) is 1.45. The van der Waals surface area contributed by atoms with E-state index in [9.17, 15) is 4.79 Å². The number of aryl methyl sites for hydroxylation is 1. The Morgan fingerprint density at radius 2 is 1.93 bits per heavy atom. The van der Waals surface area contributed by atoms with E-state index in [2.05, 4.69) is 6.92 Å². The molecule has 0 saturated heterocycles. The van der Waals surface area contributed by atoms with E-state index in [4.69, 9.17) is 26.2 Å². The summed E-state index contributed by atoms with van der Waals surface area (Å²) in [5.41, 5.74) is 3.15. The Bertz CT molecular complexity index is 791. The standard InChI is InChI=1S/C16H19NO2.C4H7Cl.CH2O2/c1-5-7-16(18)17-11(3)13(6-2)14-10-12(19-4)8-9-15(14)17;1-2-3-4-5;2-1-3/h5,7-10H,6H2,1-4H3;2-3H,4H2,1H3;1H,(H,2,3)/b7-5+;3-2-;. The molecule has 2 rings (SSSR count). The van der Waals surface area contributed by atoms with Crippen molar-refractivity contribution in [1.29, 1.82) is 0 Å². The Kier molecular flexibility index (Phi) is 12.4. The molecule has 1 heterocycles. The van der Waals surface area contributed by atoms with Crippen LogP contribution in [-0.2, 0) is 11.2 Å². The lowest BCUT2D eigenvalue weighted by Crippen LogP contribution is -2.09. The number of carbonyl (C=O) groups is 2. The van der Waals surface area contributed by atoms with Crippen molar-refractivity contribution >= 4 is 34.9 Å². The van der Waals surface area contributed by atoms with Crippen molar-refractivity contribution in [2.75, 3.05) is 13.0 Å². The number of hydrogen-bond donors (Lipinski definition) is 1. The minimum atomic E-state index is -0.250. The summed E-state index contributed by atoms with van der Waals surface area (Å²) in [4.78, 5) is 20.6. The molecule has 1 N–H and O–H groups in total. The fourth-order valence-electron chi connectivity index (χ4n) is 2.63. The zero-order valence-electron chi connectivity index (χ0n) is 16.5. The predicted molar refractivity (Wildman–Crippen MR) is 112 cm³/mol. The second-order valence-corrected chi connectivity index (χ2v) is 5.61. The van der Waals surface area contributed by atoms with Crippen LogP contribution >= 0.6 is 11.6 Å². The summed E-state index contributed by atoms with van der Waals surface area (Å²) in [7, 11) is 1.65. The highest BCUT2D eigenvalue weighted by Gasteiger charge is 2.16. The number of rotatable bonds is 4. The summed E-state index contributed by atoms with van der Waals surface area (Å²) in [5, 5.41) is 7.98. The third-order valence-electron chi connectivity index (χ3n) is 3.75. The molecule has 0 aliphatic heterocycles. The summed E-state index contributed by atoms with van der Waals surface area (Å²) in [6.07, 6.45) is 8.07. The Labute approximate surface area is 165 Å². The van der Waals surface area contributed by atoms with Crippen molar-refractivity contribution in [2.45, 2.75) is 34.1 Å². The van der Waals surface area contributed by atoms with Crippen molar-refractivity contribution in [1.82, 2.24) is 4.57 Å². The van der Waals surface area contributed by atoms with Gasteiger partial charge >= 0.3 is 0 Å². The average molecular weight is 394 g/mol. The van der Waals surface area contributed by atoms with E-state index in [0.717, 1.165) is 28.8 Å². The monoisotopic (exact) mass is 393 g/mol. The molecule has 0 fully saturated rings. The van der Waals surface area contributed by atoms with E-state index < -0.39 is 0 Å². The van der Waals surface area contributed by atoms with Crippen LogP contribution < -0.4 is 4.74 Å². The zero-order valence-corrected chi connectivity index (χ0v) is 17.3. The van der Waals surface area contributed by atoms with Crippen LogP contribution in [0.4, 0.5) is 0 Å². The molecule has 0 amide bonds. The highest BCUT2D eigenvalue weighted by atomic mass is 35.5. The van der Waals surface area contributed by atoms with E-state index in [1.165, 1.54) is 5.56 Å². The van der Waals surface area contributed by atoms with Gasteiger partial charge in [0, 0.05) is 17.0 Å². The van der Waals surface area contributed by atoms with Crippen LogP contribution in [0.1, 0.15) is 36.8 Å². The normalized spacial score (nSPS) is 10.3. The van der Waals surface area contributed by atoms with Crippen LogP contribution in [0.5, 0.6) is 5.75 Å². The number of halogens is 1. The molecule has 0 radical (unpaired) electrons. The van der Waals surface area contributed by atoms with Gasteiger partial charge in [0.2, 0.25) is 0 Å². The molecule has 0 saturated carbocycles. The number of alkyl halides is 1. The van der Waals surface area contributed by atoms with Gasteiger partial charge < -0.3 is 9.84 Å². The molecule has 6 heteroatoms. The highest BCUT2D eigenvalue weighted by Crippen LogP contribution is 2.29. The smallest absolute Gasteiger partial charge is 0.290 e. The number of hydrogen-bond acceptors (Lipinski definition) is 3. The van der Waals surface area contributed by atoms with E-state index in [1.54, 1.807) is 23.8 Å². The molecule has 0 bridgehead atoms. The molecule has 5 nitrogen and oxygen atoms in total. The average Bonchev–Trinajstić information content (AvgIpc) is 2.94. The molecular weight excluding hydrogens is 366 g/mol. The number of methoxy groups -OCH3 is 1. The molecule has 27 heavy (non-hydrogen) atoms. The number of carboxylic acid groups (broad SMARTS) is 1. The van der Waals surface area contributed by atoms with Crippen molar-refractivity contribution < 1.29 is 19.4 Å². The van der Waals surface area contributed by atoms with Gasteiger partial charge in [0.05, 0.1) is 12.6 Å². The minimum absolute atomic E-state index is 0.00475. The first kappa shape index (κ1) is 24.5. The minimum Gasteiger partial charge on any atom is -0.497 e. The van der Waals surface area contributed by atoms with Crippen LogP contribution in [-0.4, -0.2) is 35.0 Å². The Hall–Kier alpha value is -2.53. The first-order chi connectivity index (χ1) is 13.0. The Morgan fingerprint density at radius 3 is 2.33 bits per heavy atom. The molecule has 148 valence electrons. The van der Waals surface area contributed by atoms with Gasteiger partial charge in [-0.15, -0.1) is 11.6 Å². The van der Waals surface area contributed by atoms with E-state index in [-0.39, 0.29) is 12.4 Å². The van der Waals surface area contributed by atoms with Gasteiger partial charge in [-0.3, -0.25) is 14.2 Å². The highest BCUT2D eigenvalue weighted by molar-refractivity contribution is 6.18. The maximum atomic E-state index is 12.2. The van der Waals surface area contributed by atoms with Crippen LogP contribution in [0.3, 0.4) is 0 Å². The number of benzene rings is 1. The van der Waals surface area contributed by atoms with Gasteiger partial charge in [-0.1, -0.05) is 25.2 Å². The summed E-state index contributed by atoms with van der Waals surface area (Å²) in [6.45, 7) is 7.64. The van der Waals surface area contributed by atoms with Crippen LogP contribution in [0.2, 0.25) is 0 Å². The predicted octanol–water partition coefficient (Wildman–Crippen LogP) is 5.24. The van der Waals surface area contributed by atoms with Crippen molar-refractivity contribution in [3.63, 3.8) is 0 Å². The largest absolute Gasteiger partial charge is 0.497 e. The number of ether oxygens (including phenoxy) is 1. The lowest BCUT2D eigenvalue weighted by Gasteiger charge is -2.04. The fraction of sp³-hybridized carbons (Fsp3) is 0.333. The van der Waals surface area contributed by atoms with E-state index in [1.807, 2.05) is 51.1 Å². The van der Waals surface area contributed by atoms with Gasteiger partial charge in [0.1, 0.15) is 5.75 Å². The summed E-state index contributed by atoms with van der Waals surface area (Å²) < 4.78 is 7.04. The van der Waals surface area contributed by atoms with Gasteiger partial charge in [-0.05, 0) is 57.0 Å². The maximum Gasteiger partial charge on any atom is 0.290 e. The fourth-order valence-corrected chi connectivity index (χ4v) is 2.80. The third kappa shape index (κ3) is 6.94. The lowest BCUT2D eigenvalue weighted by molar-refractivity contribution is -0.122. The third-order valence-corrected chi connectivity index (χ3v) is 3.93. The number of aromatic nitrogens is 1. The quantitative estimate of drug-likeness (QED) is 0.334. The zero-order chi connectivity index (χ0) is 20.8. The maximum absolute atomic E-state index is 12.2. The van der Waals surface area contributed by atoms with Crippen LogP contribution in [0.15, 0.2) is 42.5 Å². The second-order valence-electron chi connectivity index (χ2n) is 5.30. The van der Waals surface area contributed by atoms with E-state index in [0.29, 0.717) is 5.88 Å². The van der Waals surface area contributed by atoms with Crippen LogP contribution in [0.25, 0.3) is 10.9 Å². The number of carbonyl (C=O) groups excluding carboxylic acids is 1. The molecule has 0 aliphatic carbocycles. The van der Waals surface area contributed by atoms with Gasteiger partial charge in [0.25, 0.3) is 12.4 Å². The first-order valence-corrected chi connectivity index (χ1v) is 9.10. The Morgan fingerprint density at radius 1 is 1.30 bits per heavy atom. The Balaban J connectivity index is 0.000000719. The summed E-state index contributed by atoms with van der Waals surface area (Å²) in [6, 6.07) is 5.84. The van der Waals surface area contributed by atoms with Gasteiger partial charge in [0.15, 0.2) is 0 Å². The summed E-state index contributed by atoms with van der Waals surface area (Å²) >= 11 is 5.21. The van der Waals surface area contributed by atoms with Gasteiger partial charge in [-0.2, -0.15) is 0 Å². The molecule has 2 aromatic rings. The first-order valence-electron chi connectivity index (χ1n) is 8.57. The van der Waals surface area contributed by atoms with Crippen LogP contribution in [0, 0.1) is 6.92 Å². The van der Waals surface area contributed by atoms with Gasteiger partial charge in [-0.25, -0.2) is 0 Å². The van der Waals surface area contributed by atoms with Crippen molar-refractivity contribution in [3.8, 4) is 5.75 Å². The van der Waals surface area contributed by atoms with Crippen molar-refractivity contribution in [3.05, 3.63) is 53.8 Å².